The lowest BCUT2D eigenvalue weighted by molar-refractivity contribution is 0.0891. The summed E-state index contributed by atoms with van der Waals surface area (Å²) in [6.45, 7) is 2.27. The van der Waals surface area contributed by atoms with Gasteiger partial charge in [-0.2, -0.15) is 0 Å². The lowest BCUT2D eigenvalue weighted by Crippen LogP contribution is -2.39. The van der Waals surface area contributed by atoms with Crippen molar-refractivity contribution in [3.8, 4) is 0 Å². The van der Waals surface area contributed by atoms with Gasteiger partial charge in [0.2, 0.25) is 0 Å². The van der Waals surface area contributed by atoms with Crippen LogP contribution in [0.15, 0.2) is 12.1 Å². The number of rotatable bonds is 3. The van der Waals surface area contributed by atoms with Crippen LogP contribution in [0.25, 0.3) is 0 Å². The highest BCUT2D eigenvalue weighted by Crippen LogP contribution is 2.22. The van der Waals surface area contributed by atoms with Gasteiger partial charge in [-0.25, -0.2) is 4.98 Å². The van der Waals surface area contributed by atoms with E-state index in [2.05, 4.69) is 9.88 Å². The fourth-order valence-corrected chi connectivity index (χ4v) is 2.31. The van der Waals surface area contributed by atoms with E-state index in [1.807, 2.05) is 12.1 Å². The molecule has 0 amide bonds. The quantitative estimate of drug-likeness (QED) is 0.895. The van der Waals surface area contributed by atoms with Crippen LogP contribution in [-0.2, 0) is 11.3 Å². The minimum atomic E-state index is 0.294. The van der Waals surface area contributed by atoms with Crippen molar-refractivity contribution in [3.05, 3.63) is 22.8 Å². The molecule has 1 aliphatic heterocycles. The number of nitrogens with zero attached hydrogens (tertiary/aromatic N) is 2. The third-order valence-electron chi connectivity index (χ3n) is 3.13. The van der Waals surface area contributed by atoms with E-state index in [1.165, 1.54) is 0 Å². The number of methoxy groups -OCH3 is 1. The van der Waals surface area contributed by atoms with Gasteiger partial charge in [-0.15, -0.1) is 0 Å². The van der Waals surface area contributed by atoms with Gasteiger partial charge >= 0.3 is 0 Å². The lowest BCUT2D eigenvalue weighted by Gasteiger charge is -2.33. The Bertz CT molecular complexity index is 386. The minimum Gasteiger partial charge on any atom is -0.380 e. The maximum absolute atomic E-state index is 6.01. The van der Waals surface area contributed by atoms with Crippen LogP contribution in [-0.4, -0.2) is 31.3 Å². The number of ether oxygens (including phenoxy) is 1. The van der Waals surface area contributed by atoms with Crippen LogP contribution in [0.2, 0.25) is 5.02 Å². The fraction of sp³-hybridized carbons (Fsp3) is 0.583. The number of hydrogen-bond donors (Lipinski definition) is 1. The first-order valence-electron chi connectivity index (χ1n) is 5.88. The molecule has 0 aromatic carbocycles. The summed E-state index contributed by atoms with van der Waals surface area (Å²) in [5.41, 5.74) is 6.37. The first-order chi connectivity index (χ1) is 8.24. The Hall–Kier alpha value is -0.840. The Morgan fingerprint density at radius 2 is 2.41 bits per heavy atom. The van der Waals surface area contributed by atoms with Gasteiger partial charge in [0, 0.05) is 26.7 Å². The second-order valence-corrected chi connectivity index (χ2v) is 4.66. The van der Waals surface area contributed by atoms with Crippen LogP contribution in [0, 0.1) is 0 Å². The van der Waals surface area contributed by atoms with E-state index in [0.717, 1.165) is 37.4 Å². The average molecular weight is 256 g/mol. The van der Waals surface area contributed by atoms with E-state index < -0.39 is 0 Å². The highest BCUT2D eigenvalue weighted by atomic mass is 35.5. The van der Waals surface area contributed by atoms with Crippen molar-refractivity contribution in [1.29, 1.82) is 0 Å². The number of hydrogen-bond acceptors (Lipinski definition) is 4. The smallest absolute Gasteiger partial charge is 0.129 e. The minimum absolute atomic E-state index is 0.294. The zero-order chi connectivity index (χ0) is 12.3. The molecule has 1 saturated heterocycles. The van der Waals surface area contributed by atoms with E-state index in [9.17, 15) is 0 Å². The first kappa shape index (κ1) is 12.6. The van der Waals surface area contributed by atoms with Gasteiger partial charge in [-0.1, -0.05) is 11.6 Å². The van der Waals surface area contributed by atoms with Crippen LogP contribution >= 0.6 is 11.6 Å². The molecule has 1 atom stereocenters. The Balaban J connectivity index is 2.16. The summed E-state index contributed by atoms with van der Waals surface area (Å²) in [5.74, 6) is 0.941. The topological polar surface area (TPSA) is 51.4 Å². The van der Waals surface area contributed by atoms with E-state index in [1.54, 1.807) is 7.11 Å². The number of nitrogens with two attached hydrogens (primary N) is 1. The van der Waals surface area contributed by atoms with Gasteiger partial charge in [-0.3, -0.25) is 0 Å². The van der Waals surface area contributed by atoms with Crippen LogP contribution in [0.5, 0.6) is 0 Å². The van der Waals surface area contributed by atoms with Crippen molar-refractivity contribution in [1.82, 2.24) is 4.98 Å². The molecule has 2 rings (SSSR count). The summed E-state index contributed by atoms with van der Waals surface area (Å²) < 4.78 is 5.40. The highest BCUT2D eigenvalue weighted by molar-refractivity contribution is 6.31. The van der Waals surface area contributed by atoms with Crippen molar-refractivity contribution in [3.63, 3.8) is 0 Å². The average Bonchev–Trinajstić information content (AvgIpc) is 2.39. The monoisotopic (exact) mass is 255 g/mol. The third kappa shape index (κ3) is 2.89. The Labute approximate surface area is 107 Å². The summed E-state index contributed by atoms with van der Waals surface area (Å²) >= 11 is 6.01. The molecule has 1 aromatic rings. The zero-order valence-electron chi connectivity index (χ0n) is 10.0. The molecule has 5 heteroatoms. The first-order valence-corrected chi connectivity index (χ1v) is 6.25. The number of halogens is 1. The zero-order valence-corrected chi connectivity index (χ0v) is 10.8. The largest absolute Gasteiger partial charge is 0.380 e. The van der Waals surface area contributed by atoms with Crippen molar-refractivity contribution in [2.75, 3.05) is 25.1 Å². The molecule has 0 spiro atoms. The van der Waals surface area contributed by atoms with Crippen molar-refractivity contribution in [2.45, 2.75) is 25.5 Å². The summed E-state index contributed by atoms with van der Waals surface area (Å²) in [4.78, 5) is 6.73. The molecule has 2 N–H and O–H groups in total. The molecule has 0 aliphatic carbocycles. The molecular weight excluding hydrogens is 238 g/mol. The summed E-state index contributed by atoms with van der Waals surface area (Å²) in [6.07, 6.45) is 2.54. The molecule has 17 heavy (non-hydrogen) atoms. The van der Waals surface area contributed by atoms with Crippen molar-refractivity contribution < 1.29 is 4.74 Å². The Morgan fingerprint density at radius 1 is 1.59 bits per heavy atom. The lowest BCUT2D eigenvalue weighted by atomic mass is 10.1. The maximum atomic E-state index is 6.01. The van der Waals surface area contributed by atoms with Crippen molar-refractivity contribution in [2.24, 2.45) is 5.73 Å². The summed E-state index contributed by atoms with van der Waals surface area (Å²) in [7, 11) is 1.76. The molecule has 1 aromatic heterocycles. The van der Waals surface area contributed by atoms with Gasteiger partial charge in [0.25, 0.3) is 0 Å². The summed E-state index contributed by atoms with van der Waals surface area (Å²) in [5, 5.41) is 0.636. The standard InChI is InChI=1S/C12H18ClN3O/c1-17-9-3-2-6-16(8-9)12-5-4-10(13)11(7-14)15-12/h4-5,9H,2-3,6-8,14H2,1H3. The predicted molar refractivity (Wildman–Crippen MR) is 69.4 cm³/mol. The van der Waals surface area contributed by atoms with Gasteiger partial charge in [-0.05, 0) is 25.0 Å². The molecule has 2 heterocycles. The molecule has 1 unspecified atom stereocenters. The van der Waals surface area contributed by atoms with Gasteiger partial charge < -0.3 is 15.4 Å². The molecule has 0 bridgehead atoms. The van der Waals surface area contributed by atoms with Crippen LogP contribution in [0.1, 0.15) is 18.5 Å². The molecule has 4 nitrogen and oxygen atoms in total. The van der Waals surface area contributed by atoms with E-state index in [-0.39, 0.29) is 0 Å². The van der Waals surface area contributed by atoms with Crippen LogP contribution < -0.4 is 10.6 Å². The second-order valence-electron chi connectivity index (χ2n) is 4.25. The number of anilines is 1. The molecule has 0 radical (unpaired) electrons. The van der Waals surface area contributed by atoms with E-state index >= 15 is 0 Å². The maximum Gasteiger partial charge on any atom is 0.129 e. The number of aromatic nitrogens is 1. The highest BCUT2D eigenvalue weighted by Gasteiger charge is 2.20. The molecule has 0 saturated carbocycles. The van der Waals surface area contributed by atoms with E-state index in [4.69, 9.17) is 22.1 Å². The van der Waals surface area contributed by atoms with Gasteiger partial charge in [0.15, 0.2) is 0 Å². The molecular formula is C12H18ClN3O. The van der Waals surface area contributed by atoms with E-state index in [0.29, 0.717) is 17.7 Å². The van der Waals surface area contributed by atoms with Crippen LogP contribution in [0.3, 0.4) is 0 Å². The number of piperidine rings is 1. The number of pyridine rings is 1. The normalized spacial score (nSPS) is 20.6. The molecule has 94 valence electrons. The molecule has 1 aliphatic rings. The van der Waals surface area contributed by atoms with Gasteiger partial charge in [0.1, 0.15) is 5.82 Å². The predicted octanol–water partition coefficient (Wildman–Crippen LogP) is 1.81. The van der Waals surface area contributed by atoms with Crippen molar-refractivity contribution >= 4 is 17.4 Å². The third-order valence-corrected chi connectivity index (χ3v) is 3.48. The van der Waals surface area contributed by atoms with Crippen LogP contribution in [0.4, 0.5) is 5.82 Å². The summed E-state index contributed by atoms with van der Waals surface area (Å²) in [6, 6.07) is 3.81. The molecule has 1 fully saturated rings. The Kier molecular flexibility index (Phi) is 4.20. The fourth-order valence-electron chi connectivity index (χ4n) is 2.13. The SMILES string of the molecule is COC1CCCN(c2ccc(Cl)c(CN)n2)C1. The second kappa shape index (κ2) is 5.67. The van der Waals surface area contributed by atoms with Gasteiger partial charge in [0.05, 0.1) is 16.8 Å². The Morgan fingerprint density at radius 3 is 3.12 bits per heavy atom.